The third-order valence-electron chi connectivity index (χ3n) is 4.18. The van der Waals surface area contributed by atoms with Crippen molar-refractivity contribution in [2.45, 2.75) is 0 Å². The lowest BCUT2D eigenvalue weighted by atomic mass is 10.0. The molecule has 3 aromatic rings. The Hall–Kier alpha value is -3.27. The number of ketones is 1. The lowest BCUT2D eigenvalue weighted by Gasteiger charge is -2.12. The lowest BCUT2D eigenvalue weighted by molar-refractivity contribution is 0.104. The first-order valence-corrected chi connectivity index (χ1v) is 8.17. The van der Waals surface area contributed by atoms with Gasteiger partial charge in [-0.25, -0.2) is 0 Å². The van der Waals surface area contributed by atoms with Gasteiger partial charge in [-0.1, -0.05) is 36.4 Å². The molecule has 4 heteroatoms. The largest absolute Gasteiger partial charge is 0.496 e. The maximum Gasteiger partial charge on any atom is 0.185 e. The van der Waals surface area contributed by atoms with Crippen LogP contribution in [0.25, 0.3) is 16.8 Å². The highest BCUT2D eigenvalue weighted by Gasteiger charge is 2.11. The highest BCUT2D eigenvalue weighted by molar-refractivity contribution is 6.08. The monoisotopic (exact) mass is 348 g/mol. The fourth-order valence-corrected chi connectivity index (χ4v) is 2.79. The second-order valence-corrected chi connectivity index (χ2v) is 5.71. The van der Waals surface area contributed by atoms with Crippen molar-refractivity contribution in [3.63, 3.8) is 0 Å². The smallest absolute Gasteiger partial charge is 0.185 e. The number of fused-ring (bicyclic) bond motifs is 1. The van der Waals surface area contributed by atoms with Crippen molar-refractivity contribution in [3.05, 3.63) is 71.8 Å². The molecule has 0 bridgehead atoms. The highest BCUT2D eigenvalue weighted by Crippen LogP contribution is 2.35. The first kappa shape index (κ1) is 17.5. The zero-order valence-corrected chi connectivity index (χ0v) is 15.0. The summed E-state index contributed by atoms with van der Waals surface area (Å²) >= 11 is 0. The lowest BCUT2D eigenvalue weighted by Crippen LogP contribution is -1.96. The molecule has 0 spiro atoms. The fraction of sp³-hybridized carbons (Fsp3) is 0.136. The van der Waals surface area contributed by atoms with Crippen molar-refractivity contribution in [1.82, 2.24) is 0 Å². The molecule has 0 fully saturated rings. The van der Waals surface area contributed by atoms with Gasteiger partial charge in [0.2, 0.25) is 0 Å². The van der Waals surface area contributed by atoms with E-state index in [-0.39, 0.29) is 5.78 Å². The molecule has 132 valence electrons. The van der Waals surface area contributed by atoms with Crippen molar-refractivity contribution in [1.29, 1.82) is 0 Å². The van der Waals surface area contributed by atoms with Crippen LogP contribution in [0.1, 0.15) is 15.9 Å². The zero-order chi connectivity index (χ0) is 18.5. The third kappa shape index (κ3) is 3.54. The second kappa shape index (κ2) is 7.74. The molecule has 0 N–H and O–H groups in total. The summed E-state index contributed by atoms with van der Waals surface area (Å²) in [5.74, 6) is 1.67. The van der Waals surface area contributed by atoms with Gasteiger partial charge < -0.3 is 14.2 Å². The normalized spacial score (nSPS) is 10.9. The van der Waals surface area contributed by atoms with Crippen LogP contribution in [0, 0.1) is 0 Å². The van der Waals surface area contributed by atoms with E-state index in [0.717, 1.165) is 16.3 Å². The molecule has 0 saturated heterocycles. The Bertz CT molecular complexity index is 973. The van der Waals surface area contributed by atoms with Crippen molar-refractivity contribution in [3.8, 4) is 17.2 Å². The molecule has 0 aromatic heterocycles. The first-order valence-electron chi connectivity index (χ1n) is 8.17. The molecule has 0 radical (unpaired) electrons. The summed E-state index contributed by atoms with van der Waals surface area (Å²) in [6.45, 7) is 0. The van der Waals surface area contributed by atoms with Gasteiger partial charge in [-0.3, -0.25) is 4.79 Å². The van der Waals surface area contributed by atoms with Gasteiger partial charge in [0.1, 0.15) is 5.75 Å². The minimum absolute atomic E-state index is 0.0763. The number of allylic oxidation sites excluding steroid dienone is 1. The molecule has 0 aliphatic heterocycles. The summed E-state index contributed by atoms with van der Waals surface area (Å²) in [6.07, 6.45) is 3.26. The second-order valence-electron chi connectivity index (χ2n) is 5.71. The van der Waals surface area contributed by atoms with E-state index in [1.165, 1.54) is 6.08 Å². The molecule has 0 unspecified atom stereocenters. The highest BCUT2D eigenvalue weighted by atomic mass is 16.5. The van der Waals surface area contributed by atoms with Gasteiger partial charge in [0.25, 0.3) is 0 Å². The van der Waals surface area contributed by atoms with Crippen molar-refractivity contribution in [2.75, 3.05) is 21.3 Å². The van der Waals surface area contributed by atoms with Crippen LogP contribution in [0.4, 0.5) is 0 Å². The summed E-state index contributed by atoms with van der Waals surface area (Å²) in [5, 5.41) is 2.14. The number of ether oxygens (including phenoxy) is 3. The van der Waals surface area contributed by atoms with Crippen LogP contribution in [0.15, 0.2) is 60.7 Å². The van der Waals surface area contributed by atoms with Crippen LogP contribution in [-0.4, -0.2) is 27.1 Å². The number of benzene rings is 3. The Labute approximate surface area is 152 Å². The average molecular weight is 348 g/mol. The van der Waals surface area contributed by atoms with Gasteiger partial charge in [-0.05, 0) is 35.1 Å². The van der Waals surface area contributed by atoms with E-state index in [1.54, 1.807) is 39.5 Å². The predicted molar refractivity (Wildman–Crippen MR) is 103 cm³/mol. The molecule has 0 saturated carbocycles. The molecule has 0 heterocycles. The number of carbonyl (C=O) groups is 1. The van der Waals surface area contributed by atoms with E-state index < -0.39 is 0 Å². The van der Waals surface area contributed by atoms with Crippen LogP contribution >= 0.6 is 0 Å². The van der Waals surface area contributed by atoms with Crippen LogP contribution in [0.5, 0.6) is 17.2 Å². The molecule has 0 atom stereocenters. The molecule has 0 amide bonds. The van der Waals surface area contributed by atoms with Gasteiger partial charge in [-0.15, -0.1) is 0 Å². The summed E-state index contributed by atoms with van der Waals surface area (Å²) in [6, 6.07) is 17.2. The molecule has 26 heavy (non-hydrogen) atoms. The number of rotatable bonds is 6. The predicted octanol–water partition coefficient (Wildman–Crippen LogP) is 4.76. The Morgan fingerprint density at radius 1 is 0.769 bits per heavy atom. The molecule has 0 aliphatic carbocycles. The van der Waals surface area contributed by atoms with E-state index in [2.05, 4.69) is 0 Å². The molecular formula is C22H20O4. The van der Waals surface area contributed by atoms with Crippen LogP contribution in [-0.2, 0) is 0 Å². The molecular weight excluding hydrogens is 328 g/mol. The summed E-state index contributed by atoms with van der Waals surface area (Å²) < 4.78 is 16.0. The zero-order valence-electron chi connectivity index (χ0n) is 15.0. The van der Waals surface area contributed by atoms with Crippen LogP contribution in [0.2, 0.25) is 0 Å². The van der Waals surface area contributed by atoms with Crippen LogP contribution < -0.4 is 14.2 Å². The van der Waals surface area contributed by atoms with E-state index in [1.807, 2.05) is 42.5 Å². The van der Waals surface area contributed by atoms with Gasteiger partial charge in [-0.2, -0.15) is 0 Å². The van der Waals surface area contributed by atoms with Crippen molar-refractivity contribution < 1.29 is 19.0 Å². The minimum Gasteiger partial charge on any atom is -0.496 e. The molecule has 3 rings (SSSR count). The van der Waals surface area contributed by atoms with E-state index in [0.29, 0.717) is 22.8 Å². The SMILES string of the molecule is COc1cc(OC)c(OC)cc1/C=C/C(=O)c1ccc2ccccc2c1. The Kier molecular flexibility index (Phi) is 5.23. The van der Waals surface area contributed by atoms with Crippen LogP contribution in [0.3, 0.4) is 0 Å². The van der Waals surface area contributed by atoms with E-state index in [4.69, 9.17) is 14.2 Å². The topological polar surface area (TPSA) is 44.8 Å². The number of hydrogen-bond donors (Lipinski definition) is 0. The van der Waals surface area contributed by atoms with E-state index in [9.17, 15) is 4.79 Å². The number of carbonyl (C=O) groups excluding carboxylic acids is 1. The molecule has 0 aliphatic rings. The van der Waals surface area contributed by atoms with Gasteiger partial charge >= 0.3 is 0 Å². The maximum absolute atomic E-state index is 12.6. The Morgan fingerprint density at radius 3 is 2.12 bits per heavy atom. The van der Waals surface area contributed by atoms with Gasteiger partial charge in [0, 0.05) is 17.2 Å². The van der Waals surface area contributed by atoms with Gasteiger partial charge in [0.05, 0.1) is 21.3 Å². The first-order chi connectivity index (χ1) is 12.7. The Morgan fingerprint density at radius 2 is 1.42 bits per heavy atom. The van der Waals surface area contributed by atoms with E-state index >= 15 is 0 Å². The molecule has 3 aromatic carbocycles. The summed E-state index contributed by atoms with van der Waals surface area (Å²) in [4.78, 5) is 12.6. The standard InChI is InChI=1S/C22H20O4/c1-24-20-14-22(26-3)21(25-2)13-18(20)10-11-19(23)17-9-8-15-6-4-5-7-16(15)12-17/h4-14H,1-3H3/b11-10+. The van der Waals surface area contributed by atoms with Gasteiger partial charge in [0.15, 0.2) is 17.3 Å². The summed E-state index contributed by atoms with van der Waals surface area (Å²) in [5.41, 5.74) is 1.37. The molecule has 4 nitrogen and oxygen atoms in total. The third-order valence-corrected chi connectivity index (χ3v) is 4.18. The Balaban J connectivity index is 1.91. The number of methoxy groups -OCH3 is 3. The number of hydrogen-bond acceptors (Lipinski definition) is 4. The van der Waals surface area contributed by atoms with Crippen molar-refractivity contribution in [2.24, 2.45) is 0 Å². The summed E-state index contributed by atoms with van der Waals surface area (Å²) in [7, 11) is 4.71. The van der Waals surface area contributed by atoms with Crippen molar-refractivity contribution >= 4 is 22.6 Å². The fourth-order valence-electron chi connectivity index (χ4n) is 2.79. The minimum atomic E-state index is -0.0763. The maximum atomic E-state index is 12.6. The quantitative estimate of drug-likeness (QED) is 0.476. The average Bonchev–Trinajstić information content (AvgIpc) is 2.70.